The Morgan fingerprint density at radius 3 is 2.50 bits per heavy atom. The Kier molecular flexibility index (Phi) is 3.86. The fraction of sp³-hybridized carbons (Fsp3) is 0.0556. The summed E-state index contributed by atoms with van der Waals surface area (Å²) in [5, 5.41) is 14.3. The first-order chi connectivity index (χ1) is 10.5. The number of carbonyl (C=O) groups is 1. The zero-order valence-electron chi connectivity index (χ0n) is 11.9. The number of aromatic hydroxyl groups is 1. The molecule has 0 radical (unpaired) electrons. The van der Waals surface area contributed by atoms with Crippen molar-refractivity contribution in [3.63, 3.8) is 0 Å². The van der Waals surface area contributed by atoms with Gasteiger partial charge in [0.2, 0.25) is 0 Å². The molecule has 3 rings (SSSR count). The van der Waals surface area contributed by atoms with Crippen molar-refractivity contribution in [2.24, 2.45) is 0 Å². The van der Waals surface area contributed by atoms with Gasteiger partial charge in [0.05, 0.1) is 5.56 Å². The highest BCUT2D eigenvalue weighted by Crippen LogP contribution is 2.28. The molecule has 1 amide bonds. The van der Waals surface area contributed by atoms with Crippen molar-refractivity contribution in [2.45, 2.75) is 6.92 Å². The lowest BCUT2D eigenvalue weighted by molar-refractivity contribution is 0.102. The molecular weight excluding hydrogens is 342 g/mol. The maximum Gasteiger partial charge on any atom is 0.256 e. The van der Waals surface area contributed by atoms with Crippen LogP contribution in [0.3, 0.4) is 0 Å². The molecule has 22 heavy (non-hydrogen) atoms. The number of benzene rings is 3. The van der Waals surface area contributed by atoms with Gasteiger partial charge in [0, 0.05) is 10.2 Å². The van der Waals surface area contributed by atoms with E-state index >= 15 is 0 Å². The van der Waals surface area contributed by atoms with Gasteiger partial charge in [-0.15, -0.1) is 0 Å². The summed E-state index contributed by atoms with van der Waals surface area (Å²) in [7, 11) is 0. The van der Waals surface area contributed by atoms with Gasteiger partial charge in [0.25, 0.3) is 5.91 Å². The van der Waals surface area contributed by atoms with E-state index in [1.54, 1.807) is 6.07 Å². The lowest BCUT2D eigenvalue weighted by Gasteiger charge is -2.10. The van der Waals surface area contributed by atoms with Crippen molar-refractivity contribution in [1.82, 2.24) is 0 Å². The molecule has 3 nitrogen and oxygen atoms in total. The smallest absolute Gasteiger partial charge is 0.256 e. The summed E-state index contributed by atoms with van der Waals surface area (Å²) in [5.41, 5.74) is 2.30. The molecule has 0 saturated heterocycles. The molecule has 3 aromatic rings. The normalized spacial score (nSPS) is 10.6. The van der Waals surface area contributed by atoms with Crippen molar-refractivity contribution in [3.8, 4) is 5.75 Å². The number of phenols is 1. The molecule has 3 aromatic carbocycles. The summed E-state index contributed by atoms with van der Waals surface area (Å²) in [6.45, 7) is 1.99. The van der Waals surface area contributed by atoms with Crippen molar-refractivity contribution in [3.05, 3.63) is 70.2 Å². The van der Waals surface area contributed by atoms with Gasteiger partial charge in [-0.2, -0.15) is 0 Å². The molecule has 0 aromatic heterocycles. The highest BCUT2D eigenvalue weighted by atomic mass is 79.9. The Morgan fingerprint density at radius 1 is 1.05 bits per heavy atom. The fourth-order valence-electron chi connectivity index (χ4n) is 2.34. The quantitative estimate of drug-likeness (QED) is 0.688. The maximum atomic E-state index is 12.5. The van der Waals surface area contributed by atoms with Gasteiger partial charge in [0.15, 0.2) is 0 Å². The van der Waals surface area contributed by atoms with Gasteiger partial charge in [-0.25, -0.2) is 0 Å². The fourth-order valence-corrected chi connectivity index (χ4v) is 2.70. The number of amides is 1. The molecule has 110 valence electrons. The number of phenolic OH excluding ortho intramolecular Hbond substituents is 1. The topological polar surface area (TPSA) is 49.3 Å². The molecule has 2 N–H and O–H groups in total. The number of aryl methyl sites for hydroxylation is 1. The van der Waals surface area contributed by atoms with Crippen LogP contribution in [0.1, 0.15) is 15.9 Å². The van der Waals surface area contributed by atoms with Gasteiger partial charge < -0.3 is 10.4 Å². The standard InChI is InChI=1S/C18H14BrNO2/c1-11-2-6-14(7-3-11)20-18(22)17-10-15(21)8-12-4-5-13(19)9-16(12)17/h2-10,21H,1H3,(H,20,22). The van der Waals surface area contributed by atoms with Crippen LogP contribution in [0.25, 0.3) is 10.8 Å². The highest BCUT2D eigenvalue weighted by Gasteiger charge is 2.12. The van der Waals surface area contributed by atoms with E-state index in [-0.39, 0.29) is 11.7 Å². The first-order valence-corrected chi connectivity index (χ1v) is 7.62. The number of fused-ring (bicyclic) bond motifs is 1. The largest absolute Gasteiger partial charge is 0.508 e. The second-order valence-corrected chi connectivity index (χ2v) is 6.09. The van der Waals surface area contributed by atoms with Crippen LogP contribution in [0.2, 0.25) is 0 Å². The summed E-state index contributed by atoms with van der Waals surface area (Å²) in [6, 6.07) is 16.3. The average Bonchev–Trinajstić information content (AvgIpc) is 2.49. The van der Waals surface area contributed by atoms with Gasteiger partial charge in [-0.3, -0.25) is 4.79 Å². The van der Waals surface area contributed by atoms with Crippen molar-refractivity contribution in [1.29, 1.82) is 0 Å². The Labute approximate surface area is 136 Å². The number of nitrogens with one attached hydrogen (secondary N) is 1. The van der Waals surface area contributed by atoms with Crippen LogP contribution < -0.4 is 5.32 Å². The molecular formula is C18H14BrNO2. The molecule has 0 spiro atoms. The summed E-state index contributed by atoms with van der Waals surface area (Å²) in [5.74, 6) is -0.174. The monoisotopic (exact) mass is 355 g/mol. The molecule has 0 bridgehead atoms. The Balaban J connectivity index is 2.03. The first kappa shape index (κ1) is 14.6. The third-order valence-electron chi connectivity index (χ3n) is 3.46. The van der Waals surface area contributed by atoms with Crippen molar-refractivity contribution < 1.29 is 9.90 Å². The van der Waals surface area contributed by atoms with Crippen LogP contribution in [0, 0.1) is 6.92 Å². The number of anilines is 1. The number of rotatable bonds is 2. The second-order valence-electron chi connectivity index (χ2n) is 5.18. The van der Waals surface area contributed by atoms with Crippen LogP contribution in [0.15, 0.2) is 59.1 Å². The predicted octanol–water partition coefficient (Wildman–Crippen LogP) is 4.87. The van der Waals surface area contributed by atoms with Crippen LogP contribution in [-0.2, 0) is 0 Å². The van der Waals surface area contributed by atoms with Crippen molar-refractivity contribution >= 4 is 38.3 Å². The number of hydrogen-bond acceptors (Lipinski definition) is 2. The lowest BCUT2D eigenvalue weighted by atomic mass is 10.0. The minimum atomic E-state index is -0.247. The van der Waals surface area contributed by atoms with Gasteiger partial charge in [-0.05, 0) is 54.1 Å². The lowest BCUT2D eigenvalue weighted by Crippen LogP contribution is -2.12. The van der Waals surface area contributed by atoms with Gasteiger partial charge in [-0.1, -0.05) is 39.7 Å². The molecule has 0 fully saturated rings. The predicted molar refractivity (Wildman–Crippen MR) is 92.4 cm³/mol. The Morgan fingerprint density at radius 2 is 1.77 bits per heavy atom. The highest BCUT2D eigenvalue weighted by molar-refractivity contribution is 9.10. The molecule has 0 aliphatic carbocycles. The number of carbonyl (C=O) groups excluding carboxylic acids is 1. The van der Waals surface area contributed by atoms with E-state index in [4.69, 9.17) is 0 Å². The molecule has 0 saturated carbocycles. The summed E-state index contributed by atoms with van der Waals surface area (Å²) >= 11 is 3.41. The average molecular weight is 356 g/mol. The molecule has 0 unspecified atom stereocenters. The minimum absolute atomic E-state index is 0.0730. The molecule has 0 aliphatic heterocycles. The van der Waals surface area contributed by atoms with Crippen molar-refractivity contribution in [2.75, 3.05) is 5.32 Å². The Hall–Kier alpha value is -2.33. The van der Waals surface area contributed by atoms with E-state index < -0.39 is 0 Å². The maximum absolute atomic E-state index is 12.5. The zero-order chi connectivity index (χ0) is 15.7. The first-order valence-electron chi connectivity index (χ1n) is 6.83. The van der Waals surface area contributed by atoms with E-state index in [0.29, 0.717) is 5.56 Å². The molecule has 0 heterocycles. The van der Waals surface area contributed by atoms with Gasteiger partial charge in [0.1, 0.15) is 5.75 Å². The van der Waals surface area contributed by atoms with E-state index in [2.05, 4.69) is 21.2 Å². The SMILES string of the molecule is Cc1ccc(NC(=O)c2cc(O)cc3ccc(Br)cc23)cc1. The molecule has 0 aliphatic rings. The van der Waals surface area contributed by atoms with E-state index in [1.807, 2.05) is 49.4 Å². The second kappa shape index (κ2) is 5.81. The van der Waals surface area contributed by atoms with Crippen LogP contribution in [0.5, 0.6) is 5.75 Å². The number of hydrogen-bond donors (Lipinski definition) is 2. The van der Waals surface area contributed by atoms with E-state index in [9.17, 15) is 9.90 Å². The van der Waals surface area contributed by atoms with E-state index in [0.717, 1.165) is 26.5 Å². The van der Waals surface area contributed by atoms with Gasteiger partial charge >= 0.3 is 0 Å². The number of halogens is 1. The van der Waals surface area contributed by atoms with Crippen LogP contribution in [0.4, 0.5) is 5.69 Å². The third kappa shape index (κ3) is 2.97. The summed E-state index contributed by atoms with van der Waals surface area (Å²) in [4.78, 5) is 12.5. The summed E-state index contributed by atoms with van der Waals surface area (Å²) in [6.07, 6.45) is 0. The van der Waals surface area contributed by atoms with Crippen LogP contribution >= 0.6 is 15.9 Å². The minimum Gasteiger partial charge on any atom is -0.508 e. The molecule has 4 heteroatoms. The zero-order valence-corrected chi connectivity index (χ0v) is 13.5. The summed E-state index contributed by atoms with van der Waals surface area (Å²) < 4.78 is 0.884. The Bertz CT molecular complexity index is 857. The third-order valence-corrected chi connectivity index (χ3v) is 3.95. The van der Waals surface area contributed by atoms with E-state index in [1.165, 1.54) is 6.07 Å². The molecule has 0 atom stereocenters. The van der Waals surface area contributed by atoms with Crippen LogP contribution in [-0.4, -0.2) is 11.0 Å².